The Balaban J connectivity index is 2.93. The van der Waals surface area contributed by atoms with E-state index in [-0.39, 0.29) is 5.82 Å². The zero-order valence-electron chi connectivity index (χ0n) is 6.23. The van der Waals surface area contributed by atoms with E-state index in [1.165, 1.54) is 12.1 Å². The van der Waals surface area contributed by atoms with Crippen LogP contribution in [0.2, 0.25) is 0 Å². The summed E-state index contributed by atoms with van der Waals surface area (Å²) in [7, 11) is 0. The maximum absolute atomic E-state index is 12.8. The lowest BCUT2D eigenvalue weighted by Crippen LogP contribution is -1.77. The molecule has 0 nitrogen and oxygen atoms in total. The summed E-state index contributed by atoms with van der Waals surface area (Å²) in [4.78, 5) is 0. The van der Waals surface area contributed by atoms with E-state index in [2.05, 4.69) is 31.9 Å². The highest BCUT2D eigenvalue weighted by atomic mass is 79.9. The molecule has 0 saturated heterocycles. The Bertz CT molecular complexity index is 274. The van der Waals surface area contributed by atoms with Crippen molar-refractivity contribution < 1.29 is 4.39 Å². The molecule has 0 heterocycles. The first-order valence-corrected chi connectivity index (χ1v) is 5.32. The van der Waals surface area contributed by atoms with Crippen molar-refractivity contribution in [1.82, 2.24) is 0 Å². The average molecular weight is 294 g/mol. The van der Waals surface area contributed by atoms with E-state index in [9.17, 15) is 4.39 Å². The monoisotopic (exact) mass is 292 g/mol. The van der Waals surface area contributed by atoms with Crippen LogP contribution in [-0.4, -0.2) is 5.33 Å². The third-order valence-electron chi connectivity index (χ3n) is 1.28. The Morgan fingerprint density at radius 2 is 2.08 bits per heavy atom. The van der Waals surface area contributed by atoms with Crippen molar-refractivity contribution in [3.63, 3.8) is 0 Å². The number of allylic oxidation sites excluding steroid dienone is 1. The molecular weight excluding hydrogens is 287 g/mol. The van der Waals surface area contributed by atoms with E-state index in [1.54, 1.807) is 0 Å². The molecule has 1 rings (SSSR count). The maximum Gasteiger partial charge on any atom is 0.124 e. The van der Waals surface area contributed by atoms with Crippen LogP contribution in [0.4, 0.5) is 4.39 Å². The van der Waals surface area contributed by atoms with Crippen molar-refractivity contribution >= 4 is 37.9 Å². The highest BCUT2D eigenvalue weighted by Crippen LogP contribution is 2.15. The van der Waals surface area contributed by atoms with Gasteiger partial charge >= 0.3 is 0 Å². The van der Waals surface area contributed by atoms with Gasteiger partial charge in [-0.2, -0.15) is 0 Å². The molecule has 0 bridgehead atoms. The molecule has 12 heavy (non-hydrogen) atoms. The van der Waals surface area contributed by atoms with Crippen LogP contribution < -0.4 is 0 Å². The molecule has 1 aromatic carbocycles. The van der Waals surface area contributed by atoms with Gasteiger partial charge in [0.05, 0.1) is 0 Å². The van der Waals surface area contributed by atoms with Crippen LogP contribution >= 0.6 is 31.9 Å². The van der Waals surface area contributed by atoms with Crippen LogP contribution in [0.15, 0.2) is 28.7 Å². The van der Waals surface area contributed by atoms with E-state index in [0.717, 1.165) is 15.4 Å². The zero-order valence-corrected chi connectivity index (χ0v) is 9.40. The highest BCUT2D eigenvalue weighted by Gasteiger charge is 1.94. The predicted molar refractivity (Wildman–Crippen MR) is 56.9 cm³/mol. The normalized spacial score (nSPS) is 10.9. The number of hydrogen-bond acceptors (Lipinski definition) is 0. The molecule has 0 aliphatic heterocycles. The molecule has 0 amide bonds. The van der Waals surface area contributed by atoms with Crippen molar-refractivity contribution in [3.05, 3.63) is 40.1 Å². The average Bonchev–Trinajstić information content (AvgIpc) is 1.99. The first-order valence-electron chi connectivity index (χ1n) is 3.41. The minimum atomic E-state index is -0.224. The van der Waals surface area contributed by atoms with Crippen LogP contribution in [-0.2, 0) is 0 Å². The quantitative estimate of drug-likeness (QED) is 0.723. The maximum atomic E-state index is 12.8. The standard InChI is InChI=1S/C9H7Br2F/c10-3-1-2-7-4-8(11)6-9(12)5-7/h1-2,4-6H,3H2. The van der Waals surface area contributed by atoms with Crippen LogP contribution in [0.5, 0.6) is 0 Å². The van der Waals surface area contributed by atoms with Gasteiger partial charge in [0.15, 0.2) is 0 Å². The summed E-state index contributed by atoms with van der Waals surface area (Å²) >= 11 is 6.47. The minimum Gasteiger partial charge on any atom is -0.207 e. The summed E-state index contributed by atoms with van der Waals surface area (Å²) in [6.07, 6.45) is 3.78. The Labute approximate surface area is 87.7 Å². The molecule has 1 aromatic rings. The largest absolute Gasteiger partial charge is 0.207 e. The fourth-order valence-electron chi connectivity index (χ4n) is 0.852. The van der Waals surface area contributed by atoms with Crippen LogP contribution in [0.1, 0.15) is 5.56 Å². The molecule has 0 radical (unpaired) electrons. The van der Waals surface area contributed by atoms with Crippen molar-refractivity contribution in [2.75, 3.05) is 5.33 Å². The van der Waals surface area contributed by atoms with Crippen molar-refractivity contribution in [2.45, 2.75) is 0 Å². The minimum absolute atomic E-state index is 0.224. The van der Waals surface area contributed by atoms with Gasteiger partial charge in [0.2, 0.25) is 0 Å². The van der Waals surface area contributed by atoms with Crippen molar-refractivity contribution in [1.29, 1.82) is 0 Å². The second-order valence-corrected chi connectivity index (χ2v) is 3.82. The molecule has 0 aromatic heterocycles. The lowest BCUT2D eigenvalue weighted by atomic mass is 10.2. The summed E-state index contributed by atoms with van der Waals surface area (Å²) in [6.45, 7) is 0. The van der Waals surface area contributed by atoms with Crippen LogP contribution in [0.3, 0.4) is 0 Å². The van der Waals surface area contributed by atoms with Gasteiger partial charge < -0.3 is 0 Å². The Kier molecular flexibility index (Phi) is 3.95. The fraction of sp³-hybridized carbons (Fsp3) is 0.111. The zero-order chi connectivity index (χ0) is 8.97. The second-order valence-electron chi connectivity index (χ2n) is 2.26. The molecule has 0 N–H and O–H groups in total. The van der Waals surface area contributed by atoms with E-state index < -0.39 is 0 Å². The SMILES string of the molecule is Fc1cc(Br)cc(C=CCBr)c1. The van der Waals surface area contributed by atoms with Gasteiger partial charge in [0, 0.05) is 9.80 Å². The number of benzene rings is 1. The molecule has 0 unspecified atom stereocenters. The molecule has 64 valence electrons. The number of halogens is 3. The summed E-state index contributed by atoms with van der Waals surface area (Å²) in [6, 6.07) is 4.79. The third-order valence-corrected chi connectivity index (χ3v) is 2.12. The Hall–Kier alpha value is -0.150. The Morgan fingerprint density at radius 3 is 2.67 bits per heavy atom. The van der Waals surface area contributed by atoms with Gasteiger partial charge in [-0.15, -0.1) is 0 Å². The van der Waals surface area contributed by atoms with E-state index >= 15 is 0 Å². The molecule has 0 spiro atoms. The van der Waals surface area contributed by atoms with Crippen molar-refractivity contribution in [2.24, 2.45) is 0 Å². The molecule has 0 fully saturated rings. The third kappa shape index (κ3) is 3.07. The van der Waals surface area contributed by atoms with Crippen LogP contribution in [0, 0.1) is 5.82 Å². The van der Waals surface area contributed by atoms with E-state index in [4.69, 9.17) is 0 Å². The van der Waals surface area contributed by atoms with Gasteiger partial charge in [0.25, 0.3) is 0 Å². The topological polar surface area (TPSA) is 0 Å². The molecule has 0 aliphatic carbocycles. The summed E-state index contributed by atoms with van der Waals surface area (Å²) < 4.78 is 13.5. The van der Waals surface area contributed by atoms with E-state index in [0.29, 0.717) is 0 Å². The van der Waals surface area contributed by atoms with Gasteiger partial charge in [-0.05, 0) is 23.8 Å². The molecular formula is C9H7Br2F. The van der Waals surface area contributed by atoms with Gasteiger partial charge in [-0.1, -0.05) is 44.0 Å². The number of alkyl halides is 1. The summed E-state index contributed by atoms with van der Waals surface area (Å²) in [5.41, 5.74) is 0.862. The number of rotatable bonds is 2. The summed E-state index contributed by atoms with van der Waals surface area (Å²) in [5, 5.41) is 0.779. The van der Waals surface area contributed by atoms with E-state index in [1.807, 2.05) is 18.2 Å². The smallest absolute Gasteiger partial charge is 0.124 e. The van der Waals surface area contributed by atoms with Crippen molar-refractivity contribution in [3.8, 4) is 0 Å². The lowest BCUT2D eigenvalue weighted by molar-refractivity contribution is 0.626. The molecule has 0 saturated carbocycles. The Morgan fingerprint density at radius 1 is 1.33 bits per heavy atom. The summed E-state index contributed by atoms with van der Waals surface area (Å²) in [5.74, 6) is -0.224. The predicted octanol–water partition coefficient (Wildman–Crippen LogP) is 4.00. The fourth-order valence-corrected chi connectivity index (χ4v) is 1.52. The van der Waals surface area contributed by atoms with Crippen LogP contribution in [0.25, 0.3) is 6.08 Å². The number of hydrogen-bond donors (Lipinski definition) is 0. The van der Waals surface area contributed by atoms with Gasteiger partial charge in [0.1, 0.15) is 5.82 Å². The molecule has 0 atom stereocenters. The highest BCUT2D eigenvalue weighted by molar-refractivity contribution is 9.10. The van der Waals surface area contributed by atoms with Gasteiger partial charge in [-0.3, -0.25) is 0 Å². The molecule has 3 heteroatoms. The lowest BCUT2D eigenvalue weighted by Gasteiger charge is -1.95. The molecule has 0 aliphatic rings. The second kappa shape index (κ2) is 4.77. The van der Waals surface area contributed by atoms with Gasteiger partial charge in [-0.25, -0.2) is 4.39 Å². The first-order chi connectivity index (χ1) is 5.72. The first kappa shape index (κ1) is 9.93.